The molecule has 1 heterocycles. The van der Waals surface area contributed by atoms with E-state index in [1.165, 1.54) is 12.8 Å². The molecule has 0 bridgehead atoms. The lowest BCUT2D eigenvalue weighted by molar-refractivity contribution is 0.0667. The summed E-state index contributed by atoms with van der Waals surface area (Å²) >= 11 is 5.78. The van der Waals surface area contributed by atoms with Crippen molar-refractivity contribution in [1.29, 1.82) is 0 Å². The van der Waals surface area contributed by atoms with E-state index < -0.39 is 0 Å². The summed E-state index contributed by atoms with van der Waals surface area (Å²) in [7, 11) is 4.06. The quantitative estimate of drug-likeness (QED) is 0.784. The van der Waals surface area contributed by atoms with E-state index in [9.17, 15) is 4.79 Å². The Morgan fingerprint density at radius 3 is 2.55 bits per heavy atom. The number of carbonyl (C=O) groups is 1. The molecule has 0 spiro atoms. The molecule has 1 aromatic rings. The first-order chi connectivity index (χ1) is 9.58. The minimum atomic E-state index is 0.0721. The summed E-state index contributed by atoms with van der Waals surface area (Å²) in [6.45, 7) is 1.64. The highest BCUT2D eigenvalue weighted by atomic mass is 35.5. The molecule has 1 amide bonds. The van der Waals surface area contributed by atoms with Crippen LogP contribution in [0, 0.1) is 0 Å². The van der Waals surface area contributed by atoms with Gasteiger partial charge in [-0.3, -0.25) is 4.79 Å². The van der Waals surface area contributed by atoms with Crippen molar-refractivity contribution in [1.82, 2.24) is 14.8 Å². The number of aromatic nitrogens is 1. The SMILES string of the molecule is CN(C)CCN(C(=O)c1ccc(Cl)nc1)C1CCCC1. The van der Waals surface area contributed by atoms with Gasteiger partial charge in [-0.1, -0.05) is 24.4 Å². The molecule has 0 saturated heterocycles. The van der Waals surface area contributed by atoms with Crippen LogP contribution in [0.1, 0.15) is 36.0 Å². The Morgan fingerprint density at radius 1 is 1.30 bits per heavy atom. The Hall–Kier alpha value is -1.13. The number of hydrogen-bond acceptors (Lipinski definition) is 3. The highest BCUT2D eigenvalue weighted by molar-refractivity contribution is 6.29. The van der Waals surface area contributed by atoms with Gasteiger partial charge in [0.15, 0.2) is 0 Å². The van der Waals surface area contributed by atoms with Crippen molar-refractivity contribution in [3.8, 4) is 0 Å². The second-order valence-electron chi connectivity index (χ2n) is 5.61. The van der Waals surface area contributed by atoms with E-state index in [4.69, 9.17) is 11.6 Å². The Bertz CT molecular complexity index is 441. The maximum Gasteiger partial charge on any atom is 0.255 e. The highest BCUT2D eigenvalue weighted by Crippen LogP contribution is 2.25. The molecule has 0 N–H and O–H groups in total. The van der Waals surface area contributed by atoms with Gasteiger partial charge in [0.1, 0.15) is 5.15 Å². The second kappa shape index (κ2) is 7.04. The first-order valence-corrected chi connectivity index (χ1v) is 7.53. The molecule has 110 valence electrons. The van der Waals surface area contributed by atoms with Gasteiger partial charge in [-0.05, 0) is 39.1 Å². The van der Waals surface area contributed by atoms with E-state index in [-0.39, 0.29) is 5.91 Å². The van der Waals surface area contributed by atoms with Crippen LogP contribution in [0.4, 0.5) is 0 Å². The molecular formula is C15H22ClN3O. The monoisotopic (exact) mass is 295 g/mol. The average Bonchev–Trinajstić information content (AvgIpc) is 2.93. The number of carbonyl (C=O) groups excluding carboxylic acids is 1. The second-order valence-corrected chi connectivity index (χ2v) is 6.00. The van der Waals surface area contributed by atoms with Crippen LogP contribution in [0.5, 0.6) is 0 Å². The molecule has 1 saturated carbocycles. The van der Waals surface area contributed by atoms with Gasteiger partial charge in [-0.25, -0.2) is 4.98 Å². The predicted octanol–water partition coefficient (Wildman–Crippen LogP) is 2.68. The van der Waals surface area contributed by atoms with Crippen LogP contribution in [0.2, 0.25) is 5.15 Å². The highest BCUT2D eigenvalue weighted by Gasteiger charge is 2.27. The summed E-state index contributed by atoms with van der Waals surface area (Å²) < 4.78 is 0. The van der Waals surface area contributed by atoms with E-state index >= 15 is 0 Å². The third kappa shape index (κ3) is 3.93. The lowest BCUT2D eigenvalue weighted by atomic mass is 10.1. The van der Waals surface area contributed by atoms with Crippen LogP contribution >= 0.6 is 11.6 Å². The van der Waals surface area contributed by atoms with E-state index in [1.54, 1.807) is 18.3 Å². The fourth-order valence-corrected chi connectivity index (χ4v) is 2.75. The largest absolute Gasteiger partial charge is 0.334 e. The topological polar surface area (TPSA) is 36.4 Å². The number of amides is 1. The van der Waals surface area contributed by atoms with E-state index in [1.807, 2.05) is 19.0 Å². The number of rotatable bonds is 5. The van der Waals surface area contributed by atoms with Crippen molar-refractivity contribution in [3.63, 3.8) is 0 Å². The first kappa shape index (κ1) is 15.3. The van der Waals surface area contributed by atoms with Crippen molar-refractivity contribution in [2.45, 2.75) is 31.7 Å². The summed E-state index contributed by atoms with van der Waals surface area (Å²) in [4.78, 5) is 20.8. The molecule has 0 aliphatic heterocycles. The molecule has 1 aliphatic carbocycles. The summed E-state index contributed by atoms with van der Waals surface area (Å²) in [6, 6.07) is 3.81. The summed E-state index contributed by atoms with van der Waals surface area (Å²) in [5, 5.41) is 0.419. The molecule has 1 aliphatic rings. The minimum Gasteiger partial charge on any atom is -0.334 e. The number of hydrogen-bond donors (Lipinski definition) is 0. The molecule has 1 aromatic heterocycles. The molecule has 0 atom stereocenters. The Kier molecular flexibility index (Phi) is 5.38. The van der Waals surface area contributed by atoms with Gasteiger partial charge >= 0.3 is 0 Å². The van der Waals surface area contributed by atoms with Crippen molar-refractivity contribution in [3.05, 3.63) is 29.0 Å². The van der Waals surface area contributed by atoms with Crippen LogP contribution in [-0.2, 0) is 0 Å². The van der Waals surface area contributed by atoms with E-state index in [0.717, 1.165) is 25.9 Å². The van der Waals surface area contributed by atoms with Gasteiger partial charge in [-0.15, -0.1) is 0 Å². The summed E-state index contributed by atoms with van der Waals surface area (Å²) in [5.74, 6) is 0.0721. The van der Waals surface area contributed by atoms with Crippen LogP contribution < -0.4 is 0 Å². The molecule has 20 heavy (non-hydrogen) atoms. The fourth-order valence-electron chi connectivity index (χ4n) is 2.64. The molecule has 1 fully saturated rings. The zero-order chi connectivity index (χ0) is 14.5. The number of halogens is 1. The Morgan fingerprint density at radius 2 is 2.00 bits per heavy atom. The zero-order valence-electron chi connectivity index (χ0n) is 12.2. The molecular weight excluding hydrogens is 274 g/mol. The van der Waals surface area contributed by atoms with Crippen molar-refractivity contribution < 1.29 is 4.79 Å². The molecule has 0 aromatic carbocycles. The van der Waals surface area contributed by atoms with Crippen molar-refractivity contribution in [2.75, 3.05) is 27.2 Å². The minimum absolute atomic E-state index is 0.0721. The maximum atomic E-state index is 12.7. The van der Waals surface area contributed by atoms with E-state index in [2.05, 4.69) is 9.88 Å². The summed E-state index contributed by atoms with van der Waals surface area (Å²) in [6.07, 6.45) is 6.23. The van der Waals surface area contributed by atoms with Crippen LogP contribution in [0.25, 0.3) is 0 Å². The van der Waals surface area contributed by atoms with Crippen LogP contribution in [0.3, 0.4) is 0 Å². The van der Waals surface area contributed by atoms with Gasteiger partial charge < -0.3 is 9.80 Å². The molecule has 5 heteroatoms. The number of nitrogens with zero attached hydrogens (tertiary/aromatic N) is 3. The third-order valence-electron chi connectivity index (χ3n) is 3.79. The molecule has 0 radical (unpaired) electrons. The van der Waals surface area contributed by atoms with Crippen LogP contribution in [0.15, 0.2) is 18.3 Å². The van der Waals surface area contributed by atoms with Gasteiger partial charge in [-0.2, -0.15) is 0 Å². The van der Waals surface area contributed by atoms with Crippen molar-refractivity contribution >= 4 is 17.5 Å². The normalized spacial score (nSPS) is 15.8. The average molecular weight is 296 g/mol. The van der Waals surface area contributed by atoms with Crippen LogP contribution in [-0.4, -0.2) is 53.9 Å². The zero-order valence-corrected chi connectivity index (χ0v) is 12.9. The standard InChI is InChI=1S/C15H22ClN3O/c1-18(2)9-10-19(13-5-3-4-6-13)15(20)12-7-8-14(16)17-11-12/h7-8,11,13H,3-6,9-10H2,1-2H3. The molecule has 4 nitrogen and oxygen atoms in total. The third-order valence-corrected chi connectivity index (χ3v) is 4.01. The Labute approximate surface area is 125 Å². The molecule has 2 rings (SSSR count). The number of likely N-dealkylation sites (N-methyl/N-ethyl adjacent to an activating group) is 1. The lowest BCUT2D eigenvalue weighted by Crippen LogP contribution is -2.42. The van der Waals surface area contributed by atoms with Gasteiger partial charge in [0, 0.05) is 25.3 Å². The molecule has 0 unspecified atom stereocenters. The van der Waals surface area contributed by atoms with Gasteiger partial charge in [0.05, 0.1) is 5.56 Å². The fraction of sp³-hybridized carbons (Fsp3) is 0.600. The smallest absolute Gasteiger partial charge is 0.255 e. The summed E-state index contributed by atoms with van der Waals surface area (Å²) in [5.41, 5.74) is 0.625. The lowest BCUT2D eigenvalue weighted by Gasteiger charge is -2.30. The first-order valence-electron chi connectivity index (χ1n) is 7.15. The van der Waals surface area contributed by atoms with E-state index in [0.29, 0.717) is 16.8 Å². The maximum absolute atomic E-state index is 12.7. The predicted molar refractivity (Wildman–Crippen MR) is 81.1 cm³/mol. The van der Waals surface area contributed by atoms with Crippen molar-refractivity contribution in [2.24, 2.45) is 0 Å². The van der Waals surface area contributed by atoms with Gasteiger partial charge in [0.2, 0.25) is 0 Å². The van der Waals surface area contributed by atoms with Gasteiger partial charge in [0.25, 0.3) is 5.91 Å². The Balaban J connectivity index is 2.11. The number of pyridine rings is 1.